The first kappa shape index (κ1) is 14.6. The minimum absolute atomic E-state index is 0.00941. The average Bonchev–Trinajstić information content (AvgIpc) is 2.48. The molecule has 0 aliphatic carbocycles. The van der Waals surface area contributed by atoms with E-state index in [0.29, 0.717) is 18.4 Å². The summed E-state index contributed by atoms with van der Waals surface area (Å²) in [4.78, 5) is 11.4. The molecule has 0 bridgehead atoms. The van der Waals surface area contributed by atoms with Crippen molar-refractivity contribution in [1.29, 1.82) is 0 Å². The third kappa shape index (κ3) is 4.70. The second-order valence-corrected chi connectivity index (χ2v) is 5.08. The summed E-state index contributed by atoms with van der Waals surface area (Å²) >= 11 is 3.24. The van der Waals surface area contributed by atoms with Gasteiger partial charge in [0.15, 0.2) is 0 Å². The van der Waals surface area contributed by atoms with Crippen LogP contribution in [0.25, 0.3) is 0 Å². The molecule has 0 fully saturated rings. The Kier molecular flexibility index (Phi) is 5.62. The van der Waals surface area contributed by atoms with Crippen LogP contribution in [-0.4, -0.2) is 11.2 Å². The molecular formula is C16H16BrNO2. The van der Waals surface area contributed by atoms with Crippen LogP contribution in [-0.2, 0) is 11.4 Å². The van der Waals surface area contributed by atoms with Gasteiger partial charge in [-0.05, 0) is 29.8 Å². The molecule has 0 atom stereocenters. The van der Waals surface area contributed by atoms with E-state index >= 15 is 0 Å². The molecule has 1 N–H and O–H groups in total. The van der Waals surface area contributed by atoms with E-state index in [1.165, 1.54) is 0 Å². The monoisotopic (exact) mass is 333 g/mol. The van der Waals surface area contributed by atoms with Gasteiger partial charge >= 0.3 is 0 Å². The Hall–Kier alpha value is -1.81. The number of hydrogen-bond acceptors (Lipinski definition) is 2. The number of ether oxygens (including phenoxy) is 1. The third-order valence-electron chi connectivity index (χ3n) is 2.71. The Balaban J connectivity index is 1.87. The molecule has 0 aromatic heterocycles. The second kappa shape index (κ2) is 7.70. The molecule has 0 saturated carbocycles. The van der Waals surface area contributed by atoms with E-state index in [-0.39, 0.29) is 5.91 Å². The molecule has 104 valence electrons. The molecule has 1 amide bonds. The van der Waals surface area contributed by atoms with Crippen molar-refractivity contribution in [3.63, 3.8) is 0 Å². The smallest absolute Gasteiger partial charge is 0.225 e. The van der Waals surface area contributed by atoms with Crippen LogP contribution in [0.3, 0.4) is 0 Å². The van der Waals surface area contributed by atoms with Gasteiger partial charge in [-0.3, -0.25) is 4.79 Å². The van der Waals surface area contributed by atoms with Crippen LogP contribution >= 0.6 is 15.9 Å². The van der Waals surface area contributed by atoms with Crippen LogP contribution in [0.1, 0.15) is 12.0 Å². The van der Waals surface area contributed by atoms with Crippen LogP contribution in [0.2, 0.25) is 0 Å². The number of alkyl halides is 1. The van der Waals surface area contributed by atoms with Crippen molar-refractivity contribution in [2.75, 3.05) is 10.6 Å². The zero-order valence-electron chi connectivity index (χ0n) is 11.0. The van der Waals surface area contributed by atoms with Crippen molar-refractivity contribution in [3.05, 3.63) is 60.2 Å². The Morgan fingerprint density at radius 1 is 1.05 bits per heavy atom. The standard InChI is InChI=1S/C16H16BrNO2/c17-11-10-16(19)18-14-8-6-13(7-9-14)12-20-15-4-2-1-3-5-15/h1-9H,10-12H2,(H,18,19). The molecule has 3 nitrogen and oxygen atoms in total. The van der Waals surface area contributed by atoms with Crippen molar-refractivity contribution in [1.82, 2.24) is 0 Å². The summed E-state index contributed by atoms with van der Waals surface area (Å²) in [6.45, 7) is 0.514. The Labute approximate surface area is 127 Å². The van der Waals surface area contributed by atoms with Crippen molar-refractivity contribution in [2.45, 2.75) is 13.0 Å². The van der Waals surface area contributed by atoms with Crippen LogP contribution in [0.4, 0.5) is 5.69 Å². The van der Waals surface area contributed by atoms with Crippen molar-refractivity contribution in [2.24, 2.45) is 0 Å². The number of halogens is 1. The van der Waals surface area contributed by atoms with Gasteiger partial charge in [0.1, 0.15) is 12.4 Å². The topological polar surface area (TPSA) is 38.3 Å². The molecule has 0 spiro atoms. The molecule has 0 aliphatic rings. The number of nitrogens with one attached hydrogen (secondary N) is 1. The van der Waals surface area contributed by atoms with Gasteiger partial charge < -0.3 is 10.1 Å². The maximum atomic E-state index is 11.4. The quantitative estimate of drug-likeness (QED) is 0.811. The van der Waals surface area contributed by atoms with Crippen LogP contribution in [0, 0.1) is 0 Å². The lowest BCUT2D eigenvalue weighted by Crippen LogP contribution is -2.11. The van der Waals surface area contributed by atoms with Gasteiger partial charge in [0.25, 0.3) is 0 Å². The first-order chi connectivity index (χ1) is 9.78. The maximum Gasteiger partial charge on any atom is 0.225 e. The number of rotatable bonds is 6. The predicted octanol–water partition coefficient (Wildman–Crippen LogP) is 3.99. The number of para-hydroxylation sites is 1. The average molecular weight is 334 g/mol. The molecule has 0 aliphatic heterocycles. The fourth-order valence-corrected chi connectivity index (χ4v) is 2.04. The van der Waals surface area contributed by atoms with Gasteiger partial charge in [0.05, 0.1) is 0 Å². The summed E-state index contributed by atoms with van der Waals surface area (Å²) < 4.78 is 5.66. The lowest BCUT2D eigenvalue weighted by atomic mass is 10.2. The van der Waals surface area contributed by atoms with Crippen molar-refractivity contribution >= 4 is 27.5 Å². The van der Waals surface area contributed by atoms with Gasteiger partial charge in [-0.2, -0.15) is 0 Å². The lowest BCUT2D eigenvalue weighted by molar-refractivity contribution is -0.115. The molecule has 0 radical (unpaired) electrons. The van der Waals surface area contributed by atoms with E-state index in [4.69, 9.17) is 4.74 Å². The van der Waals surface area contributed by atoms with Gasteiger partial charge in [-0.15, -0.1) is 0 Å². The Morgan fingerprint density at radius 2 is 1.75 bits per heavy atom. The number of carbonyl (C=O) groups excluding carboxylic acids is 1. The SMILES string of the molecule is O=C(CCBr)Nc1ccc(COc2ccccc2)cc1. The van der Waals surface area contributed by atoms with Crippen LogP contribution in [0.15, 0.2) is 54.6 Å². The highest BCUT2D eigenvalue weighted by Crippen LogP contribution is 2.14. The van der Waals surface area contributed by atoms with Crippen molar-refractivity contribution in [3.8, 4) is 5.75 Å². The lowest BCUT2D eigenvalue weighted by Gasteiger charge is -2.08. The second-order valence-electron chi connectivity index (χ2n) is 4.29. The molecule has 0 heterocycles. The summed E-state index contributed by atoms with van der Waals surface area (Å²) in [7, 11) is 0. The van der Waals surface area contributed by atoms with Crippen LogP contribution in [0.5, 0.6) is 5.75 Å². The number of hydrogen-bond donors (Lipinski definition) is 1. The van der Waals surface area contributed by atoms with E-state index in [1.54, 1.807) is 0 Å². The summed E-state index contributed by atoms with van der Waals surface area (Å²) in [6.07, 6.45) is 0.471. The van der Waals surface area contributed by atoms with Crippen LogP contribution < -0.4 is 10.1 Å². The summed E-state index contributed by atoms with van der Waals surface area (Å²) in [5, 5.41) is 3.50. The van der Waals surface area contributed by atoms with Crippen molar-refractivity contribution < 1.29 is 9.53 Å². The highest BCUT2D eigenvalue weighted by Gasteiger charge is 2.01. The Bertz CT molecular complexity index is 540. The van der Waals surface area contributed by atoms with E-state index in [0.717, 1.165) is 17.0 Å². The normalized spacial score (nSPS) is 10.1. The minimum Gasteiger partial charge on any atom is -0.489 e. The van der Waals surface area contributed by atoms with E-state index in [2.05, 4.69) is 21.2 Å². The fourth-order valence-electron chi connectivity index (χ4n) is 1.68. The molecule has 0 unspecified atom stereocenters. The van der Waals surface area contributed by atoms with Gasteiger partial charge in [0.2, 0.25) is 5.91 Å². The molecule has 2 rings (SSSR count). The molecule has 0 saturated heterocycles. The van der Waals surface area contributed by atoms with Gasteiger partial charge in [-0.1, -0.05) is 46.3 Å². The van der Waals surface area contributed by atoms with E-state index in [1.807, 2.05) is 54.6 Å². The van der Waals surface area contributed by atoms with E-state index < -0.39 is 0 Å². The predicted molar refractivity (Wildman–Crippen MR) is 84.3 cm³/mol. The van der Waals surface area contributed by atoms with Gasteiger partial charge in [-0.25, -0.2) is 0 Å². The zero-order chi connectivity index (χ0) is 14.2. The van der Waals surface area contributed by atoms with E-state index in [9.17, 15) is 4.79 Å². The number of anilines is 1. The molecule has 4 heteroatoms. The highest BCUT2D eigenvalue weighted by molar-refractivity contribution is 9.09. The summed E-state index contributed by atoms with van der Waals surface area (Å²) in [5.74, 6) is 0.859. The largest absolute Gasteiger partial charge is 0.489 e. The first-order valence-corrected chi connectivity index (χ1v) is 7.52. The molecule has 20 heavy (non-hydrogen) atoms. The number of carbonyl (C=O) groups is 1. The summed E-state index contributed by atoms with van der Waals surface area (Å²) in [6, 6.07) is 17.4. The number of benzene rings is 2. The summed E-state index contributed by atoms with van der Waals surface area (Å²) in [5.41, 5.74) is 1.87. The highest BCUT2D eigenvalue weighted by atomic mass is 79.9. The molecular weight excluding hydrogens is 318 g/mol. The number of amides is 1. The van der Waals surface area contributed by atoms with Gasteiger partial charge in [0, 0.05) is 17.4 Å². The fraction of sp³-hybridized carbons (Fsp3) is 0.188. The molecule has 2 aromatic rings. The molecule has 2 aromatic carbocycles. The third-order valence-corrected chi connectivity index (χ3v) is 3.10. The zero-order valence-corrected chi connectivity index (χ0v) is 12.6. The Morgan fingerprint density at radius 3 is 2.40 bits per heavy atom. The maximum absolute atomic E-state index is 11.4. The minimum atomic E-state index is 0.00941. The first-order valence-electron chi connectivity index (χ1n) is 6.40.